The quantitative estimate of drug-likeness (QED) is 0.233. The summed E-state index contributed by atoms with van der Waals surface area (Å²) in [7, 11) is 0. The molecule has 0 spiro atoms. The van der Waals surface area contributed by atoms with Gasteiger partial charge in [-0.15, -0.1) is 28.1 Å². The van der Waals surface area contributed by atoms with Crippen LogP contribution < -0.4 is 5.32 Å². The first kappa shape index (κ1) is 22.3. The molecule has 0 atom stereocenters. The molecule has 7 nitrogen and oxygen atoms in total. The molecule has 32 heavy (non-hydrogen) atoms. The largest absolute Gasteiger partial charge is 0.507 e. The van der Waals surface area contributed by atoms with Gasteiger partial charge in [0.2, 0.25) is 5.91 Å². The van der Waals surface area contributed by atoms with Gasteiger partial charge in [-0.05, 0) is 18.2 Å². The molecule has 0 radical (unpaired) electrons. The number of phenols is 1. The lowest BCUT2D eigenvalue weighted by Crippen LogP contribution is -2.14. The van der Waals surface area contributed by atoms with E-state index in [1.807, 2.05) is 40.3 Å². The van der Waals surface area contributed by atoms with Gasteiger partial charge < -0.3 is 10.4 Å². The molecule has 1 amide bonds. The van der Waals surface area contributed by atoms with Crippen LogP contribution in [0.2, 0.25) is 0 Å². The van der Waals surface area contributed by atoms with Gasteiger partial charge in [-0.2, -0.15) is 0 Å². The van der Waals surface area contributed by atoms with Gasteiger partial charge >= 0.3 is 0 Å². The molecule has 2 aromatic heterocycles. The number of hydrogen-bond acceptors (Lipinski definition) is 7. The molecule has 2 heterocycles. The summed E-state index contributed by atoms with van der Waals surface area (Å²) in [5.41, 5.74) is 2.36. The second-order valence-electron chi connectivity index (χ2n) is 6.61. The SMILES string of the molecule is C=CCn1c(SCC(=O)Nc2nc(-c3ccccc3)cs2)nnc1-c1cc(Br)ccc1O. The van der Waals surface area contributed by atoms with Crippen molar-refractivity contribution in [2.45, 2.75) is 11.7 Å². The molecule has 0 aliphatic heterocycles. The molecule has 4 rings (SSSR count). The third kappa shape index (κ3) is 5.09. The van der Waals surface area contributed by atoms with E-state index in [0.717, 1.165) is 15.7 Å². The number of carbonyl (C=O) groups excluding carboxylic acids is 1. The van der Waals surface area contributed by atoms with Gasteiger partial charge in [-0.1, -0.05) is 64.1 Å². The molecule has 0 fully saturated rings. The van der Waals surface area contributed by atoms with Gasteiger partial charge in [0.25, 0.3) is 0 Å². The Bertz CT molecular complexity index is 1260. The number of nitrogens with one attached hydrogen (secondary N) is 1. The van der Waals surface area contributed by atoms with Crippen LogP contribution in [0.15, 0.2) is 76.2 Å². The minimum atomic E-state index is -0.191. The second-order valence-corrected chi connectivity index (χ2v) is 9.32. The number of aromatic hydroxyl groups is 1. The number of aromatic nitrogens is 4. The lowest BCUT2D eigenvalue weighted by atomic mass is 10.2. The fourth-order valence-electron chi connectivity index (χ4n) is 2.93. The third-order valence-corrected chi connectivity index (χ3v) is 6.60. The van der Waals surface area contributed by atoms with E-state index in [2.05, 4.69) is 43.0 Å². The highest BCUT2D eigenvalue weighted by atomic mass is 79.9. The molecule has 4 aromatic rings. The molecule has 0 saturated carbocycles. The van der Waals surface area contributed by atoms with Crippen molar-refractivity contribution in [1.82, 2.24) is 19.7 Å². The number of allylic oxidation sites excluding steroid dienone is 1. The average molecular weight is 528 g/mol. The molecular formula is C22H18BrN5O2S2. The van der Waals surface area contributed by atoms with Crippen LogP contribution in [-0.2, 0) is 11.3 Å². The van der Waals surface area contributed by atoms with E-state index >= 15 is 0 Å². The molecule has 0 saturated heterocycles. The van der Waals surface area contributed by atoms with Crippen LogP contribution in [0.3, 0.4) is 0 Å². The van der Waals surface area contributed by atoms with E-state index in [-0.39, 0.29) is 17.4 Å². The summed E-state index contributed by atoms with van der Waals surface area (Å²) in [6.07, 6.45) is 1.71. The van der Waals surface area contributed by atoms with Gasteiger partial charge in [0.15, 0.2) is 16.1 Å². The maximum atomic E-state index is 12.5. The molecule has 0 unspecified atom stereocenters. The lowest BCUT2D eigenvalue weighted by Gasteiger charge is -2.09. The number of carbonyl (C=O) groups is 1. The molecule has 0 aliphatic rings. The molecule has 0 aliphatic carbocycles. The second kappa shape index (κ2) is 10.1. The van der Waals surface area contributed by atoms with Crippen molar-refractivity contribution in [3.63, 3.8) is 0 Å². The van der Waals surface area contributed by atoms with Crippen LogP contribution in [0, 0.1) is 0 Å². The number of hydrogen-bond donors (Lipinski definition) is 2. The first-order valence-corrected chi connectivity index (χ1v) is 12.2. The number of benzene rings is 2. The standard InChI is InChI=1S/C22H18BrN5O2S2/c1-2-10-28-20(16-11-15(23)8-9-18(16)29)26-27-22(28)32-13-19(30)25-21-24-17(12-31-21)14-6-4-3-5-7-14/h2-9,11-12,29H,1,10,13H2,(H,24,25,30). The van der Waals surface area contributed by atoms with Gasteiger partial charge in [-0.3, -0.25) is 9.36 Å². The zero-order valence-corrected chi connectivity index (χ0v) is 20.0. The van der Waals surface area contributed by atoms with Crippen molar-refractivity contribution in [2.75, 3.05) is 11.1 Å². The third-order valence-electron chi connectivity index (χ3n) is 4.38. The summed E-state index contributed by atoms with van der Waals surface area (Å²) in [4.78, 5) is 17.0. The average Bonchev–Trinajstić information content (AvgIpc) is 3.42. The van der Waals surface area contributed by atoms with Crippen LogP contribution in [0.5, 0.6) is 5.75 Å². The van der Waals surface area contributed by atoms with Crippen LogP contribution in [0.4, 0.5) is 5.13 Å². The smallest absolute Gasteiger partial charge is 0.236 e. The van der Waals surface area contributed by atoms with Gasteiger partial charge in [0.1, 0.15) is 5.75 Å². The Morgan fingerprint density at radius 1 is 1.25 bits per heavy atom. The lowest BCUT2D eigenvalue weighted by molar-refractivity contribution is -0.113. The highest BCUT2D eigenvalue weighted by molar-refractivity contribution is 9.10. The normalized spacial score (nSPS) is 10.8. The van der Waals surface area contributed by atoms with E-state index in [0.29, 0.717) is 28.2 Å². The Hall–Kier alpha value is -2.95. The molecule has 10 heteroatoms. The number of amides is 1. The maximum absolute atomic E-state index is 12.5. The Morgan fingerprint density at radius 3 is 2.84 bits per heavy atom. The van der Waals surface area contributed by atoms with Gasteiger partial charge in [-0.25, -0.2) is 4.98 Å². The predicted octanol–water partition coefficient (Wildman–Crippen LogP) is 5.45. The van der Waals surface area contributed by atoms with Crippen LogP contribution in [0.25, 0.3) is 22.6 Å². The van der Waals surface area contributed by atoms with E-state index < -0.39 is 0 Å². The van der Waals surface area contributed by atoms with Gasteiger partial charge in [0.05, 0.1) is 17.0 Å². The number of halogens is 1. The Balaban J connectivity index is 1.45. The zero-order valence-electron chi connectivity index (χ0n) is 16.7. The number of anilines is 1. The topological polar surface area (TPSA) is 92.9 Å². The van der Waals surface area contributed by atoms with Crippen LogP contribution >= 0.6 is 39.0 Å². The number of thiazole rings is 1. The summed E-state index contributed by atoms with van der Waals surface area (Å²) in [5, 5.41) is 24.5. The molecule has 2 N–H and O–H groups in total. The summed E-state index contributed by atoms with van der Waals surface area (Å²) in [6, 6.07) is 14.9. The highest BCUT2D eigenvalue weighted by Crippen LogP contribution is 2.33. The fraction of sp³-hybridized carbons (Fsp3) is 0.0909. The minimum absolute atomic E-state index is 0.0956. The predicted molar refractivity (Wildman–Crippen MR) is 132 cm³/mol. The molecule has 2 aromatic carbocycles. The monoisotopic (exact) mass is 527 g/mol. The molecule has 162 valence electrons. The zero-order chi connectivity index (χ0) is 22.5. The Morgan fingerprint density at radius 2 is 2.06 bits per heavy atom. The van der Waals surface area contributed by atoms with E-state index in [9.17, 15) is 9.90 Å². The highest BCUT2D eigenvalue weighted by Gasteiger charge is 2.18. The van der Waals surface area contributed by atoms with E-state index in [1.165, 1.54) is 23.1 Å². The van der Waals surface area contributed by atoms with E-state index in [4.69, 9.17) is 0 Å². The van der Waals surface area contributed by atoms with Crippen LogP contribution in [0.1, 0.15) is 0 Å². The fourth-order valence-corrected chi connectivity index (χ4v) is 4.78. The van der Waals surface area contributed by atoms with Crippen molar-refractivity contribution in [2.24, 2.45) is 0 Å². The number of nitrogens with zero attached hydrogens (tertiary/aromatic N) is 4. The van der Waals surface area contributed by atoms with Crippen molar-refractivity contribution >= 4 is 50.1 Å². The summed E-state index contributed by atoms with van der Waals surface area (Å²) >= 11 is 6.05. The van der Waals surface area contributed by atoms with Crippen LogP contribution in [-0.4, -0.2) is 36.5 Å². The minimum Gasteiger partial charge on any atom is -0.507 e. The summed E-state index contributed by atoms with van der Waals surface area (Å²) < 4.78 is 2.62. The number of rotatable bonds is 8. The van der Waals surface area contributed by atoms with Crippen molar-refractivity contribution in [3.8, 4) is 28.4 Å². The molecule has 0 bridgehead atoms. The number of thioether (sulfide) groups is 1. The first-order chi connectivity index (χ1) is 15.5. The molecular weight excluding hydrogens is 510 g/mol. The first-order valence-electron chi connectivity index (χ1n) is 9.51. The van der Waals surface area contributed by atoms with Crippen molar-refractivity contribution in [3.05, 3.63) is 71.0 Å². The van der Waals surface area contributed by atoms with Crippen molar-refractivity contribution in [1.29, 1.82) is 0 Å². The Kier molecular flexibility index (Phi) is 7.03. The summed E-state index contributed by atoms with van der Waals surface area (Å²) in [5.74, 6) is 0.543. The van der Waals surface area contributed by atoms with Crippen molar-refractivity contribution < 1.29 is 9.90 Å². The number of phenolic OH excluding ortho intramolecular Hbond substituents is 1. The van der Waals surface area contributed by atoms with Gasteiger partial charge in [0, 0.05) is 22.0 Å². The maximum Gasteiger partial charge on any atom is 0.236 e. The van der Waals surface area contributed by atoms with E-state index in [1.54, 1.807) is 24.3 Å². The summed E-state index contributed by atoms with van der Waals surface area (Å²) in [6.45, 7) is 4.22. The Labute approximate surface area is 201 Å².